The van der Waals surface area contributed by atoms with Crippen LogP contribution in [0.3, 0.4) is 0 Å². The predicted molar refractivity (Wildman–Crippen MR) is 152 cm³/mol. The first-order chi connectivity index (χ1) is 18.6. The molecule has 1 aromatic rings. The van der Waals surface area contributed by atoms with Crippen LogP contribution in [0.1, 0.15) is 84.1 Å². The lowest BCUT2D eigenvalue weighted by Gasteiger charge is -2.46. The zero-order valence-corrected chi connectivity index (χ0v) is 24.9. The number of piperidine rings is 1. The van der Waals surface area contributed by atoms with Crippen LogP contribution in [-0.4, -0.2) is 84.8 Å². The van der Waals surface area contributed by atoms with E-state index in [0.717, 1.165) is 49.3 Å². The van der Waals surface area contributed by atoms with Crippen molar-refractivity contribution in [2.45, 2.75) is 109 Å². The zero-order valence-electron chi connectivity index (χ0n) is 24.9. The number of carbonyl (C=O) groups excluding carboxylic acids is 2. The highest BCUT2D eigenvalue weighted by Gasteiger charge is 2.43. The summed E-state index contributed by atoms with van der Waals surface area (Å²) in [4.78, 5) is 33.4. The number of carbonyl (C=O) groups is 2. The Labute approximate surface area is 234 Å². The Morgan fingerprint density at radius 1 is 1.03 bits per heavy atom. The van der Waals surface area contributed by atoms with Gasteiger partial charge in [-0.1, -0.05) is 18.9 Å². The van der Waals surface area contributed by atoms with Gasteiger partial charge in [-0.15, -0.1) is 0 Å². The Balaban J connectivity index is 1.59. The molecule has 2 saturated carbocycles. The number of benzene rings is 1. The molecule has 8 nitrogen and oxygen atoms in total. The van der Waals surface area contributed by atoms with Crippen LogP contribution in [-0.2, 0) is 16.1 Å². The molecule has 2 aliphatic carbocycles. The van der Waals surface area contributed by atoms with Gasteiger partial charge in [0.15, 0.2) is 0 Å². The van der Waals surface area contributed by atoms with Crippen molar-refractivity contribution in [1.29, 1.82) is 0 Å². The van der Waals surface area contributed by atoms with E-state index in [1.165, 1.54) is 25.7 Å². The van der Waals surface area contributed by atoms with E-state index in [1.54, 1.807) is 26.2 Å². The molecule has 0 bridgehead atoms. The molecule has 1 aromatic carbocycles. The van der Waals surface area contributed by atoms with Crippen molar-refractivity contribution >= 4 is 12.0 Å². The lowest BCUT2D eigenvalue weighted by Crippen LogP contribution is -2.57. The Bertz CT molecular complexity index is 987. The highest BCUT2D eigenvalue weighted by atomic mass is 16.6. The topological polar surface area (TPSA) is 71.6 Å². The number of hydrogen-bond donors (Lipinski definition) is 0. The fraction of sp³-hybridized carbons (Fsp3) is 0.742. The number of nitrogens with zero attached hydrogens (tertiary/aromatic N) is 3. The van der Waals surface area contributed by atoms with Crippen molar-refractivity contribution in [3.05, 3.63) is 23.8 Å². The second-order valence-electron chi connectivity index (χ2n) is 12.6. The largest absolute Gasteiger partial charge is 0.497 e. The maximum absolute atomic E-state index is 14.5. The molecule has 3 aliphatic rings. The number of likely N-dealkylation sites (tertiary alicyclic amines) is 1. The van der Waals surface area contributed by atoms with E-state index in [0.29, 0.717) is 37.5 Å². The third-order valence-electron chi connectivity index (χ3n) is 8.52. The summed E-state index contributed by atoms with van der Waals surface area (Å²) in [6.07, 6.45) is 9.50. The van der Waals surface area contributed by atoms with Crippen LogP contribution in [0.5, 0.6) is 11.5 Å². The van der Waals surface area contributed by atoms with Gasteiger partial charge in [-0.25, -0.2) is 4.79 Å². The third kappa shape index (κ3) is 7.59. The van der Waals surface area contributed by atoms with Gasteiger partial charge in [0.25, 0.3) is 0 Å². The molecule has 3 atom stereocenters. The Morgan fingerprint density at radius 3 is 2.41 bits per heavy atom. The second kappa shape index (κ2) is 12.8. The lowest BCUT2D eigenvalue weighted by atomic mass is 9.78. The number of amides is 2. The van der Waals surface area contributed by atoms with Gasteiger partial charge in [0.2, 0.25) is 5.91 Å². The van der Waals surface area contributed by atoms with E-state index in [2.05, 4.69) is 9.80 Å². The van der Waals surface area contributed by atoms with E-state index in [9.17, 15) is 9.59 Å². The molecule has 218 valence electrons. The average molecular weight is 544 g/mol. The molecule has 39 heavy (non-hydrogen) atoms. The van der Waals surface area contributed by atoms with E-state index < -0.39 is 5.60 Å². The van der Waals surface area contributed by atoms with E-state index in [-0.39, 0.29) is 18.0 Å². The number of ether oxygens (including phenoxy) is 3. The maximum Gasteiger partial charge on any atom is 0.410 e. The molecule has 1 aliphatic heterocycles. The summed E-state index contributed by atoms with van der Waals surface area (Å²) in [5, 5.41) is 0. The quantitative estimate of drug-likeness (QED) is 0.390. The highest BCUT2D eigenvalue weighted by Crippen LogP contribution is 2.38. The van der Waals surface area contributed by atoms with Gasteiger partial charge < -0.3 is 24.0 Å². The Kier molecular flexibility index (Phi) is 9.68. The standard InChI is InChI=1S/C31H49N3O5/c1-31(2,3)39-30(36)32(4)19-17-27(29(35)33-18-9-11-22-10-7-8-12-26(22)33)34(24-14-15-24)21-23-13-16-25(37-5)20-28(23)38-6/h13,16,20,22,24,26-27H,7-12,14-15,17-19,21H2,1-6H3/t22-,26+,27-/m1/s1. The van der Waals surface area contributed by atoms with Crippen LogP contribution in [0.25, 0.3) is 0 Å². The lowest BCUT2D eigenvalue weighted by molar-refractivity contribution is -0.144. The molecule has 2 amide bonds. The monoisotopic (exact) mass is 543 g/mol. The zero-order chi connectivity index (χ0) is 28.2. The summed E-state index contributed by atoms with van der Waals surface area (Å²) in [7, 11) is 5.09. The molecule has 0 spiro atoms. The third-order valence-corrected chi connectivity index (χ3v) is 8.52. The van der Waals surface area contributed by atoms with Gasteiger partial charge in [0.1, 0.15) is 17.1 Å². The molecule has 4 rings (SSSR count). The smallest absolute Gasteiger partial charge is 0.410 e. The van der Waals surface area contributed by atoms with Crippen molar-refractivity contribution in [3.63, 3.8) is 0 Å². The van der Waals surface area contributed by atoms with E-state index in [4.69, 9.17) is 14.2 Å². The molecular formula is C31H49N3O5. The van der Waals surface area contributed by atoms with Gasteiger partial charge >= 0.3 is 6.09 Å². The predicted octanol–water partition coefficient (Wildman–Crippen LogP) is 5.48. The number of fused-ring (bicyclic) bond motifs is 1. The first kappa shape index (κ1) is 29.5. The minimum atomic E-state index is -0.560. The maximum atomic E-state index is 14.5. The fourth-order valence-corrected chi connectivity index (χ4v) is 6.35. The van der Waals surface area contributed by atoms with Gasteiger partial charge in [0, 0.05) is 50.4 Å². The van der Waals surface area contributed by atoms with Crippen LogP contribution >= 0.6 is 0 Å². The van der Waals surface area contributed by atoms with Crippen LogP contribution in [0.4, 0.5) is 4.79 Å². The molecule has 1 heterocycles. The summed E-state index contributed by atoms with van der Waals surface area (Å²) < 4.78 is 16.7. The minimum absolute atomic E-state index is 0.226. The average Bonchev–Trinajstić information content (AvgIpc) is 3.76. The van der Waals surface area contributed by atoms with Crippen LogP contribution in [0.15, 0.2) is 18.2 Å². The molecule has 0 aromatic heterocycles. The van der Waals surface area contributed by atoms with Crippen molar-refractivity contribution in [3.8, 4) is 11.5 Å². The first-order valence-corrected chi connectivity index (χ1v) is 14.8. The van der Waals surface area contributed by atoms with Gasteiger partial charge in [-0.2, -0.15) is 0 Å². The number of hydrogen-bond acceptors (Lipinski definition) is 6. The normalized spacial score (nSPS) is 22.2. The van der Waals surface area contributed by atoms with Gasteiger partial charge in [-0.3, -0.25) is 9.69 Å². The summed E-state index contributed by atoms with van der Waals surface area (Å²) >= 11 is 0. The van der Waals surface area contributed by atoms with E-state index >= 15 is 0 Å². The van der Waals surface area contributed by atoms with Crippen LogP contribution in [0, 0.1) is 5.92 Å². The van der Waals surface area contributed by atoms with Crippen LogP contribution in [0.2, 0.25) is 0 Å². The molecule has 0 unspecified atom stereocenters. The summed E-state index contributed by atoms with van der Waals surface area (Å²) in [5.41, 5.74) is 0.479. The van der Waals surface area contributed by atoms with Gasteiger partial charge in [-0.05, 0) is 77.7 Å². The molecule has 0 radical (unpaired) electrons. The summed E-state index contributed by atoms with van der Waals surface area (Å²) in [6.45, 7) is 7.53. The van der Waals surface area contributed by atoms with Crippen LogP contribution < -0.4 is 9.47 Å². The SMILES string of the molecule is COc1ccc(CN(C2CC2)[C@H](CCN(C)C(=O)OC(C)(C)C)C(=O)N2CCC[C@H]3CCCC[C@@H]32)c(OC)c1. The first-order valence-electron chi connectivity index (χ1n) is 14.8. The molecular weight excluding hydrogens is 494 g/mol. The number of methoxy groups -OCH3 is 2. The fourth-order valence-electron chi connectivity index (χ4n) is 6.35. The van der Waals surface area contributed by atoms with Crippen molar-refractivity contribution < 1.29 is 23.8 Å². The second-order valence-corrected chi connectivity index (χ2v) is 12.6. The Hall–Kier alpha value is -2.48. The molecule has 1 saturated heterocycles. The summed E-state index contributed by atoms with van der Waals surface area (Å²) in [6, 6.07) is 6.29. The highest BCUT2D eigenvalue weighted by molar-refractivity contribution is 5.82. The van der Waals surface area contributed by atoms with Crippen molar-refractivity contribution in [2.24, 2.45) is 5.92 Å². The van der Waals surface area contributed by atoms with E-state index in [1.807, 2.05) is 39.0 Å². The molecule has 0 N–H and O–H groups in total. The summed E-state index contributed by atoms with van der Waals surface area (Å²) in [5.74, 6) is 2.36. The van der Waals surface area contributed by atoms with Crippen molar-refractivity contribution in [2.75, 3.05) is 34.4 Å². The van der Waals surface area contributed by atoms with Crippen molar-refractivity contribution in [1.82, 2.24) is 14.7 Å². The minimum Gasteiger partial charge on any atom is -0.497 e. The molecule has 3 fully saturated rings. The molecule has 8 heteroatoms. The van der Waals surface area contributed by atoms with Gasteiger partial charge in [0.05, 0.1) is 20.3 Å². The number of rotatable bonds is 10. The Morgan fingerprint density at radius 2 is 1.74 bits per heavy atom.